The molecule has 3 amide bonds. The minimum atomic E-state index is -1.84. The first kappa shape index (κ1) is 33.1. The van der Waals surface area contributed by atoms with E-state index in [4.69, 9.17) is 0 Å². The van der Waals surface area contributed by atoms with Crippen molar-refractivity contribution in [2.45, 2.75) is 76.6 Å². The van der Waals surface area contributed by atoms with Gasteiger partial charge in [0.1, 0.15) is 0 Å². The maximum atomic E-state index is 14.2. The summed E-state index contributed by atoms with van der Waals surface area (Å²) >= 11 is 3.52. The fourth-order valence-corrected chi connectivity index (χ4v) is 7.55. The molecule has 0 unspecified atom stereocenters. The van der Waals surface area contributed by atoms with E-state index in [0.29, 0.717) is 37.2 Å². The number of hydrogen-bond donors (Lipinski definition) is 2. The number of carbonyl (C=O) groups excluding carboxylic acids is 3. The minimum absolute atomic E-state index is 0.0876. The SMILES string of the molecule is C[C@@H](/C=C/CC(=O)N1Cc2ccccc2C[C@H]1CO)[C@]1(O)C(=O)N(Cc2cccc(N3CCCCCCC3=O)c2)c2ccc(Br)cc21. The van der Waals surface area contributed by atoms with E-state index in [1.165, 1.54) is 0 Å². The maximum Gasteiger partial charge on any atom is 0.264 e. The lowest BCUT2D eigenvalue weighted by Gasteiger charge is -2.36. The molecule has 3 aromatic rings. The molecule has 0 bridgehead atoms. The summed E-state index contributed by atoms with van der Waals surface area (Å²) in [5, 5.41) is 22.2. The predicted octanol–water partition coefficient (Wildman–Crippen LogP) is 6.01. The van der Waals surface area contributed by atoms with Gasteiger partial charge in [0.2, 0.25) is 11.8 Å². The van der Waals surface area contributed by atoms with Gasteiger partial charge in [-0.1, -0.05) is 84.2 Å². The molecule has 0 aliphatic carbocycles. The van der Waals surface area contributed by atoms with Crippen LogP contribution in [0, 0.1) is 5.92 Å². The number of rotatable bonds is 8. The third-order valence-electron chi connectivity index (χ3n) is 9.88. The molecule has 3 heterocycles. The van der Waals surface area contributed by atoms with Gasteiger partial charge in [-0.3, -0.25) is 14.4 Å². The van der Waals surface area contributed by atoms with Crippen LogP contribution in [0.4, 0.5) is 11.4 Å². The molecule has 0 saturated carbocycles. The Morgan fingerprint density at radius 3 is 2.62 bits per heavy atom. The van der Waals surface area contributed by atoms with Crippen LogP contribution in [0.25, 0.3) is 0 Å². The van der Waals surface area contributed by atoms with Gasteiger partial charge in [-0.05, 0) is 66.3 Å². The van der Waals surface area contributed by atoms with Crippen molar-refractivity contribution in [3.63, 3.8) is 0 Å². The first-order chi connectivity index (χ1) is 22.7. The number of hydrogen-bond acceptors (Lipinski definition) is 5. The Balaban J connectivity index is 1.20. The zero-order valence-corrected chi connectivity index (χ0v) is 28.4. The standard InChI is InChI=1S/C38H42BrN3O5/c1-26(10-8-16-36(45)41-24-29-13-6-5-12-28(29)21-32(41)25-43)38(47)33-22-30(39)17-18-34(33)42(37(38)46)23-27-11-9-14-31(20-27)40-19-7-3-2-4-15-35(40)44/h5-6,8-14,17-18,20,22,26,32,43,47H,2-4,7,15-16,19,21,23-25H2,1H3/b10-8+/t26-,32-,38+/m0/s1. The van der Waals surface area contributed by atoms with Crippen LogP contribution in [0.2, 0.25) is 0 Å². The van der Waals surface area contributed by atoms with Crippen LogP contribution in [0.15, 0.2) is 83.4 Å². The van der Waals surface area contributed by atoms with Crippen molar-refractivity contribution < 1.29 is 24.6 Å². The summed E-state index contributed by atoms with van der Waals surface area (Å²) in [5.41, 5.74) is 3.20. The summed E-state index contributed by atoms with van der Waals surface area (Å²) < 4.78 is 0.744. The number of benzene rings is 3. The second-order valence-corrected chi connectivity index (χ2v) is 13.9. The number of fused-ring (bicyclic) bond motifs is 2. The van der Waals surface area contributed by atoms with Gasteiger partial charge in [0.05, 0.1) is 24.9 Å². The predicted molar refractivity (Wildman–Crippen MR) is 186 cm³/mol. The highest BCUT2D eigenvalue weighted by atomic mass is 79.9. The molecule has 3 aliphatic rings. The van der Waals surface area contributed by atoms with Gasteiger partial charge in [-0.2, -0.15) is 0 Å². The molecule has 9 heteroatoms. The van der Waals surface area contributed by atoms with Crippen LogP contribution in [-0.4, -0.2) is 52.0 Å². The molecular formula is C38H42BrN3O5. The van der Waals surface area contributed by atoms with Crippen LogP contribution in [0.3, 0.4) is 0 Å². The number of aliphatic hydroxyl groups is 2. The monoisotopic (exact) mass is 699 g/mol. The van der Waals surface area contributed by atoms with Gasteiger partial charge < -0.3 is 24.9 Å². The molecule has 2 N–H and O–H groups in total. The lowest BCUT2D eigenvalue weighted by Crippen LogP contribution is -2.46. The van der Waals surface area contributed by atoms with E-state index in [1.54, 1.807) is 34.9 Å². The van der Waals surface area contributed by atoms with Crippen LogP contribution in [0.1, 0.15) is 67.7 Å². The Morgan fingerprint density at radius 2 is 1.81 bits per heavy atom. The third-order valence-corrected chi connectivity index (χ3v) is 10.4. The smallest absolute Gasteiger partial charge is 0.264 e. The summed E-state index contributed by atoms with van der Waals surface area (Å²) in [7, 11) is 0. The average Bonchev–Trinajstić information content (AvgIpc) is 3.27. The lowest BCUT2D eigenvalue weighted by molar-refractivity contribution is -0.139. The number of nitrogens with zero attached hydrogens (tertiary/aromatic N) is 3. The molecule has 1 fully saturated rings. The Labute approximate surface area is 284 Å². The van der Waals surface area contributed by atoms with E-state index in [1.807, 2.05) is 65.6 Å². The number of halogens is 1. The molecule has 6 rings (SSSR count). The first-order valence-electron chi connectivity index (χ1n) is 16.6. The van der Waals surface area contributed by atoms with Crippen molar-refractivity contribution in [3.05, 3.63) is 106 Å². The lowest BCUT2D eigenvalue weighted by atomic mass is 9.83. The second kappa shape index (κ2) is 14.1. The van der Waals surface area contributed by atoms with Gasteiger partial charge in [0.15, 0.2) is 5.60 Å². The van der Waals surface area contributed by atoms with Gasteiger partial charge in [0.25, 0.3) is 5.91 Å². The van der Waals surface area contributed by atoms with Crippen molar-refractivity contribution in [2.24, 2.45) is 5.92 Å². The Hall–Kier alpha value is -3.79. The van der Waals surface area contributed by atoms with E-state index >= 15 is 0 Å². The number of anilines is 2. The molecule has 0 radical (unpaired) electrons. The van der Waals surface area contributed by atoms with Crippen molar-refractivity contribution in [3.8, 4) is 0 Å². The third kappa shape index (κ3) is 6.66. The van der Waals surface area contributed by atoms with E-state index < -0.39 is 17.4 Å². The Morgan fingerprint density at radius 1 is 1.02 bits per heavy atom. The molecule has 3 aliphatic heterocycles. The van der Waals surface area contributed by atoms with Gasteiger partial charge in [0, 0.05) is 47.6 Å². The van der Waals surface area contributed by atoms with Crippen LogP contribution >= 0.6 is 15.9 Å². The van der Waals surface area contributed by atoms with Crippen LogP contribution < -0.4 is 9.80 Å². The van der Waals surface area contributed by atoms with Gasteiger partial charge in [-0.25, -0.2) is 0 Å². The largest absolute Gasteiger partial charge is 0.394 e. The highest BCUT2D eigenvalue weighted by Crippen LogP contribution is 2.47. The van der Waals surface area contributed by atoms with E-state index in [9.17, 15) is 24.6 Å². The Bertz CT molecular complexity index is 1690. The zero-order valence-electron chi connectivity index (χ0n) is 26.8. The summed E-state index contributed by atoms with van der Waals surface area (Å²) in [6.07, 6.45) is 8.73. The van der Waals surface area contributed by atoms with Crippen molar-refractivity contribution in [2.75, 3.05) is 23.0 Å². The topological polar surface area (TPSA) is 101 Å². The molecule has 3 atom stereocenters. The number of amides is 3. The average molecular weight is 701 g/mol. The quantitative estimate of drug-likeness (QED) is 0.281. The van der Waals surface area contributed by atoms with E-state index in [0.717, 1.165) is 52.5 Å². The highest BCUT2D eigenvalue weighted by molar-refractivity contribution is 9.10. The van der Waals surface area contributed by atoms with Gasteiger partial charge in [-0.15, -0.1) is 0 Å². The van der Waals surface area contributed by atoms with E-state index in [-0.39, 0.29) is 37.4 Å². The fraction of sp³-hybridized carbons (Fsp3) is 0.395. The normalized spacial score (nSPS) is 22.2. The van der Waals surface area contributed by atoms with Crippen molar-refractivity contribution in [1.29, 1.82) is 0 Å². The minimum Gasteiger partial charge on any atom is -0.394 e. The summed E-state index contributed by atoms with van der Waals surface area (Å²) in [6, 6.07) is 20.9. The molecule has 246 valence electrons. The number of carbonyl (C=O) groups is 3. The van der Waals surface area contributed by atoms with E-state index in [2.05, 4.69) is 15.9 Å². The number of aliphatic hydroxyl groups excluding tert-OH is 1. The highest BCUT2D eigenvalue weighted by Gasteiger charge is 2.52. The second-order valence-electron chi connectivity index (χ2n) is 13.0. The molecule has 0 aromatic heterocycles. The first-order valence-corrected chi connectivity index (χ1v) is 17.4. The van der Waals surface area contributed by atoms with Crippen LogP contribution in [-0.2, 0) is 39.5 Å². The molecule has 3 aromatic carbocycles. The molecule has 47 heavy (non-hydrogen) atoms. The Kier molecular flexibility index (Phi) is 9.96. The molecular weight excluding hydrogens is 658 g/mol. The summed E-state index contributed by atoms with van der Waals surface area (Å²) in [6.45, 7) is 3.02. The maximum absolute atomic E-state index is 14.2. The van der Waals surface area contributed by atoms with Crippen molar-refractivity contribution in [1.82, 2.24) is 4.90 Å². The molecule has 0 spiro atoms. The van der Waals surface area contributed by atoms with Crippen LogP contribution in [0.5, 0.6) is 0 Å². The molecule has 8 nitrogen and oxygen atoms in total. The van der Waals surface area contributed by atoms with Crippen molar-refractivity contribution >= 4 is 45.0 Å². The fourth-order valence-electron chi connectivity index (χ4n) is 7.19. The zero-order chi connectivity index (χ0) is 33.1. The molecule has 1 saturated heterocycles. The summed E-state index contributed by atoms with van der Waals surface area (Å²) in [4.78, 5) is 45.6. The van der Waals surface area contributed by atoms with Gasteiger partial charge >= 0.3 is 0 Å². The summed E-state index contributed by atoms with van der Waals surface area (Å²) in [5.74, 6) is -1.06.